The Morgan fingerprint density at radius 3 is 2.46 bits per heavy atom. The number of hydrogen-bond acceptors (Lipinski definition) is 4. The van der Waals surface area contributed by atoms with E-state index in [0.29, 0.717) is 38.2 Å². The molecule has 2 aliphatic rings. The first-order chi connectivity index (χ1) is 18.6. The SMILES string of the molecule is C[C@@H]1Cc2c([nH]c3ccccc23)[C@@H](c2c(F)cc(OC3CN(CCCF)C3)cc2F)N1C[C@H](CO)C(F)(F)F. The van der Waals surface area contributed by atoms with Crippen molar-refractivity contribution in [1.29, 1.82) is 0 Å². The molecule has 1 aromatic heterocycles. The molecule has 0 amide bonds. The van der Waals surface area contributed by atoms with Gasteiger partial charge in [-0.1, -0.05) is 18.2 Å². The molecule has 2 aliphatic heterocycles. The fourth-order valence-electron chi connectivity index (χ4n) is 5.77. The van der Waals surface area contributed by atoms with Crippen LogP contribution in [0.4, 0.5) is 26.3 Å². The van der Waals surface area contributed by atoms with Gasteiger partial charge in [0.05, 0.1) is 25.2 Å². The maximum absolute atomic E-state index is 15.7. The molecule has 1 fully saturated rings. The zero-order valence-electron chi connectivity index (χ0n) is 21.4. The number of nitrogens with zero attached hydrogens (tertiary/aromatic N) is 2. The summed E-state index contributed by atoms with van der Waals surface area (Å²) in [6.45, 7) is 1.13. The number of para-hydroxylation sites is 1. The predicted octanol–water partition coefficient (Wildman–Crippen LogP) is 5.38. The third kappa shape index (κ3) is 5.49. The number of aliphatic hydroxyl groups excluding tert-OH is 1. The van der Waals surface area contributed by atoms with Gasteiger partial charge in [-0.2, -0.15) is 13.2 Å². The van der Waals surface area contributed by atoms with Crippen molar-refractivity contribution in [1.82, 2.24) is 14.8 Å². The molecule has 0 saturated carbocycles. The fourth-order valence-corrected chi connectivity index (χ4v) is 5.77. The third-order valence-corrected chi connectivity index (χ3v) is 7.79. The number of aliphatic hydroxyl groups is 1. The smallest absolute Gasteiger partial charge is 0.395 e. The number of aromatic amines is 1. The Morgan fingerprint density at radius 2 is 1.82 bits per heavy atom. The predicted molar refractivity (Wildman–Crippen MR) is 134 cm³/mol. The van der Waals surface area contributed by atoms with Crippen LogP contribution in [0, 0.1) is 17.6 Å². The molecule has 5 nitrogen and oxygen atoms in total. The van der Waals surface area contributed by atoms with E-state index in [0.717, 1.165) is 28.6 Å². The van der Waals surface area contributed by atoms with E-state index in [2.05, 4.69) is 4.98 Å². The van der Waals surface area contributed by atoms with Crippen molar-refractivity contribution in [2.24, 2.45) is 5.92 Å². The van der Waals surface area contributed by atoms with Gasteiger partial charge in [-0.3, -0.25) is 14.2 Å². The van der Waals surface area contributed by atoms with Crippen molar-refractivity contribution in [2.45, 2.75) is 44.1 Å². The van der Waals surface area contributed by atoms with Crippen molar-refractivity contribution in [3.63, 3.8) is 0 Å². The van der Waals surface area contributed by atoms with Gasteiger partial charge in [-0.25, -0.2) is 8.78 Å². The summed E-state index contributed by atoms with van der Waals surface area (Å²) in [6, 6.07) is 7.77. The number of halogens is 6. The number of aromatic nitrogens is 1. The molecule has 0 unspecified atom stereocenters. The molecule has 39 heavy (non-hydrogen) atoms. The van der Waals surface area contributed by atoms with Crippen LogP contribution in [0.2, 0.25) is 0 Å². The summed E-state index contributed by atoms with van der Waals surface area (Å²) in [5.41, 5.74) is 1.58. The number of benzene rings is 2. The Bertz CT molecular complexity index is 1280. The second-order valence-electron chi connectivity index (χ2n) is 10.5. The lowest BCUT2D eigenvalue weighted by molar-refractivity contribution is -0.191. The molecule has 1 saturated heterocycles. The van der Waals surface area contributed by atoms with Crippen molar-refractivity contribution in [3.8, 4) is 5.75 Å². The Labute approximate surface area is 222 Å². The lowest BCUT2D eigenvalue weighted by Crippen LogP contribution is -2.53. The number of nitrogens with one attached hydrogen (secondary N) is 1. The highest BCUT2D eigenvalue weighted by molar-refractivity contribution is 5.85. The summed E-state index contributed by atoms with van der Waals surface area (Å²) in [5.74, 6) is -3.96. The summed E-state index contributed by atoms with van der Waals surface area (Å²) in [6.07, 6.45) is -4.20. The summed E-state index contributed by atoms with van der Waals surface area (Å²) in [5, 5.41) is 10.4. The van der Waals surface area contributed by atoms with Gasteiger partial charge >= 0.3 is 6.18 Å². The van der Waals surface area contributed by atoms with Gasteiger partial charge in [0.1, 0.15) is 23.5 Å². The molecule has 5 rings (SSSR count). The van der Waals surface area contributed by atoms with Crippen LogP contribution in [0.25, 0.3) is 10.9 Å². The van der Waals surface area contributed by atoms with Crippen molar-refractivity contribution in [2.75, 3.05) is 39.5 Å². The number of ether oxygens (including phenoxy) is 1. The minimum Gasteiger partial charge on any atom is -0.488 e. The molecular weight excluding hydrogens is 524 g/mol. The number of alkyl halides is 4. The second-order valence-corrected chi connectivity index (χ2v) is 10.5. The van der Waals surface area contributed by atoms with Gasteiger partial charge < -0.3 is 14.8 Å². The lowest BCUT2D eigenvalue weighted by Gasteiger charge is -2.43. The van der Waals surface area contributed by atoms with E-state index < -0.39 is 55.6 Å². The number of hydrogen-bond donors (Lipinski definition) is 2. The number of fused-ring (bicyclic) bond motifs is 3. The Balaban J connectivity index is 1.51. The van der Waals surface area contributed by atoms with Crippen LogP contribution >= 0.6 is 0 Å². The standard InChI is InChI=1S/C28H31F6N3O2/c1-16-9-21-20-5-2-3-6-24(20)35-26(21)27(37(16)12-17(15-38)28(32,33)34)25-22(30)10-18(11-23(25)31)39-19-13-36(14-19)8-4-7-29/h2-3,5-6,10-11,16-17,19,27,35,38H,4,7-9,12-15H2,1H3/t16-,17-,27-/m1/s1. The highest BCUT2D eigenvalue weighted by Gasteiger charge is 2.45. The number of likely N-dealkylation sites (tertiary alicyclic amines) is 1. The minimum absolute atomic E-state index is 0.0142. The quantitative estimate of drug-likeness (QED) is 0.349. The van der Waals surface area contributed by atoms with E-state index in [1.165, 1.54) is 4.90 Å². The normalized spacial score (nSPS) is 21.6. The summed E-state index contributed by atoms with van der Waals surface area (Å²) >= 11 is 0. The van der Waals surface area contributed by atoms with Crippen LogP contribution < -0.4 is 4.74 Å². The van der Waals surface area contributed by atoms with E-state index in [1.54, 1.807) is 13.0 Å². The lowest BCUT2D eigenvalue weighted by atomic mass is 9.87. The first kappa shape index (κ1) is 27.8. The summed E-state index contributed by atoms with van der Waals surface area (Å²) in [4.78, 5) is 6.60. The largest absolute Gasteiger partial charge is 0.488 e. The van der Waals surface area contributed by atoms with Gasteiger partial charge in [0.2, 0.25) is 0 Å². The van der Waals surface area contributed by atoms with Crippen molar-refractivity contribution >= 4 is 10.9 Å². The van der Waals surface area contributed by atoms with Crippen molar-refractivity contribution in [3.05, 3.63) is 64.9 Å². The zero-order chi connectivity index (χ0) is 27.9. The average Bonchev–Trinajstić information content (AvgIpc) is 3.21. The fraction of sp³-hybridized carbons (Fsp3) is 0.500. The molecule has 3 atom stereocenters. The van der Waals surface area contributed by atoms with E-state index in [9.17, 15) is 22.7 Å². The molecule has 0 aliphatic carbocycles. The highest BCUT2D eigenvalue weighted by Crippen LogP contribution is 2.44. The Hall–Kier alpha value is -2.76. The zero-order valence-corrected chi connectivity index (χ0v) is 21.4. The molecule has 0 radical (unpaired) electrons. The highest BCUT2D eigenvalue weighted by atomic mass is 19.4. The van der Waals surface area contributed by atoms with Crippen LogP contribution in [0.5, 0.6) is 5.75 Å². The monoisotopic (exact) mass is 555 g/mol. The van der Waals surface area contributed by atoms with Crippen LogP contribution in [-0.4, -0.2) is 77.7 Å². The first-order valence-corrected chi connectivity index (χ1v) is 13.1. The van der Waals surface area contributed by atoms with Gasteiger partial charge in [-0.05, 0) is 31.4 Å². The molecule has 2 N–H and O–H groups in total. The molecule has 0 spiro atoms. The van der Waals surface area contributed by atoms with Gasteiger partial charge in [0, 0.05) is 66.5 Å². The minimum atomic E-state index is -4.69. The van der Waals surface area contributed by atoms with Gasteiger partial charge in [0.15, 0.2) is 0 Å². The van der Waals surface area contributed by atoms with Crippen LogP contribution in [0.15, 0.2) is 36.4 Å². The average molecular weight is 556 g/mol. The maximum Gasteiger partial charge on any atom is 0.395 e. The maximum atomic E-state index is 15.7. The Morgan fingerprint density at radius 1 is 1.13 bits per heavy atom. The van der Waals surface area contributed by atoms with Crippen molar-refractivity contribution < 1.29 is 36.2 Å². The third-order valence-electron chi connectivity index (χ3n) is 7.79. The molecule has 3 heterocycles. The molecule has 212 valence electrons. The Kier molecular flexibility index (Phi) is 7.85. The number of H-pyrrole nitrogens is 1. The second kappa shape index (κ2) is 11.0. The molecule has 11 heteroatoms. The molecule has 2 aromatic carbocycles. The van der Waals surface area contributed by atoms with Gasteiger partial charge in [-0.15, -0.1) is 0 Å². The number of rotatable bonds is 9. The van der Waals surface area contributed by atoms with E-state index in [1.807, 2.05) is 23.1 Å². The van der Waals surface area contributed by atoms with Crippen LogP contribution in [-0.2, 0) is 6.42 Å². The topological polar surface area (TPSA) is 51.7 Å². The summed E-state index contributed by atoms with van der Waals surface area (Å²) in [7, 11) is 0. The van der Waals surface area contributed by atoms with E-state index in [-0.39, 0.29) is 17.4 Å². The van der Waals surface area contributed by atoms with Gasteiger partial charge in [0.25, 0.3) is 0 Å². The van der Waals surface area contributed by atoms with E-state index in [4.69, 9.17) is 4.74 Å². The van der Waals surface area contributed by atoms with Crippen LogP contribution in [0.1, 0.15) is 36.2 Å². The van der Waals surface area contributed by atoms with E-state index >= 15 is 8.78 Å². The molecule has 0 bridgehead atoms. The molecule has 3 aromatic rings. The summed E-state index contributed by atoms with van der Waals surface area (Å²) < 4.78 is 90.6. The van der Waals surface area contributed by atoms with Crippen LogP contribution in [0.3, 0.4) is 0 Å². The molecular formula is C28H31F6N3O2. The first-order valence-electron chi connectivity index (χ1n) is 13.1.